The van der Waals surface area contributed by atoms with E-state index in [4.69, 9.17) is 9.47 Å². The molecule has 6 heteroatoms. The summed E-state index contributed by atoms with van der Waals surface area (Å²) in [4.78, 5) is 18.7. The van der Waals surface area contributed by atoms with Crippen LogP contribution < -0.4 is 14.8 Å². The smallest absolute Gasteiger partial charge is 0.234 e. The minimum absolute atomic E-state index is 0.0268. The van der Waals surface area contributed by atoms with Crippen LogP contribution in [0, 0.1) is 0 Å². The molecule has 1 aromatic heterocycles. The zero-order valence-corrected chi connectivity index (χ0v) is 15.1. The number of methoxy groups -OCH3 is 1. The number of ether oxygens (including phenoxy) is 2. The Morgan fingerprint density at radius 2 is 1.88 bits per heavy atom. The van der Waals surface area contributed by atoms with Crippen molar-refractivity contribution in [1.29, 1.82) is 0 Å². The lowest BCUT2D eigenvalue weighted by Gasteiger charge is -2.25. The molecule has 0 aliphatic carbocycles. The highest BCUT2D eigenvalue weighted by molar-refractivity contribution is 5.78. The summed E-state index contributed by atoms with van der Waals surface area (Å²) >= 11 is 0. The monoisotopic (exact) mass is 355 g/mol. The number of hydrogen-bond donors (Lipinski definition) is 1. The van der Waals surface area contributed by atoms with E-state index < -0.39 is 0 Å². The maximum Gasteiger partial charge on any atom is 0.234 e. The highest BCUT2D eigenvalue weighted by atomic mass is 16.5. The van der Waals surface area contributed by atoms with Crippen molar-refractivity contribution >= 4 is 5.91 Å². The van der Waals surface area contributed by atoms with E-state index in [-0.39, 0.29) is 5.91 Å². The van der Waals surface area contributed by atoms with Gasteiger partial charge >= 0.3 is 0 Å². The molecule has 1 aliphatic heterocycles. The fourth-order valence-electron chi connectivity index (χ4n) is 3.03. The Balaban J connectivity index is 1.61. The number of rotatable bonds is 7. The number of carbonyl (C=O) groups is 1. The number of benzene rings is 1. The fraction of sp³-hybridized carbons (Fsp3) is 0.400. The largest absolute Gasteiger partial charge is 0.493 e. The highest BCUT2D eigenvalue weighted by Crippen LogP contribution is 2.31. The molecule has 0 unspecified atom stereocenters. The summed E-state index contributed by atoms with van der Waals surface area (Å²) in [6.45, 7) is 2.83. The molecular weight excluding hydrogens is 330 g/mol. The predicted octanol–water partition coefficient (Wildman–Crippen LogP) is 2.98. The second kappa shape index (κ2) is 9.20. The number of pyridine rings is 1. The van der Waals surface area contributed by atoms with E-state index in [2.05, 4.69) is 15.2 Å². The van der Waals surface area contributed by atoms with E-state index in [0.29, 0.717) is 30.5 Å². The van der Waals surface area contributed by atoms with Crippen LogP contribution in [0.4, 0.5) is 0 Å². The SMILES string of the molecule is COc1ccccc1Oc1ncccc1CNC(=O)CN1CCCCC1. The zero-order valence-electron chi connectivity index (χ0n) is 15.1. The first-order valence-corrected chi connectivity index (χ1v) is 9.00. The van der Waals surface area contributed by atoms with E-state index in [1.165, 1.54) is 19.3 Å². The van der Waals surface area contributed by atoms with Crippen LogP contribution in [-0.2, 0) is 11.3 Å². The van der Waals surface area contributed by atoms with E-state index in [0.717, 1.165) is 18.7 Å². The van der Waals surface area contributed by atoms with Gasteiger partial charge in [-0.15, -0.1) is 0 Å². The van der Waals surface area contributed by atoms with Crippen molar-refractivity contribution in [2.24, 2.45) is 0 Å². The van der Waals surface area contributed by atoms with Gasteiger partial charge in [0.15, 0.2) is 11.5 Å². The first-order valence-electron chi connectivity index (χ1n) is 9.00. The second-order valence-electron chi connectivity index (χ2n) is 6.33. The third kappa shape index (κ3) is 4.95. The van der Waals surface area contributed by atoms with Crippen molar-refractivity contribution in [2.75, 3.05) is 26.7 Å². The Morgan fingerprint density at radius 3 is 2.65 bits per heavy atom. The lowest BCUT2D eigenvalue weighted by atomic mass is 10.1. The van der Waals surface area contributed by atoms with Gasteiger partial charge in [-0.05, 0) is 44.1 Å². The van der Waals surface area contributed by atoms with Gasteiger partial charge in [0.1, 0.15) is 0 Å². The van der Waals surface area contributed by atoms with Crippen LogP contribution in [0.3, 0.4) is 0 Å². The molecule has 2 aromatic rings. The third-order valence-electron chi connectivity index (χ3n) is 4.42. The van der Waals surface area contributed by atoms with E-state index in [1.807, 2.05) is 36.4 Å². The maximum atomic E-state index is 12.2. The summed E-state index contributed by atoms with van der Waals surface area (Å²) in [6, 6.07) is 11.2. The van der Waals surface area contributed by atoms with Crippen LogP contribution in [0.25, 0.3) is 0 Å². The maximum absolute atomic E-state index is 12.2. The number of likely N-dealkylation sites (tertiary alicyclic amines) is 1. The summed E-state index contributed by atoms with van der Waals surface area (Å²) in [5.41, 5.74) is 0.824. The molecule has 1 N–H and O–H groups in total. The van der Waals surface area contributed by atoms with Crippen molar-refractivity contribution in [3.63, 3.8) is 0 Å². The average molecular weight is 355 g/mol. The van der Waals surface area contributed by atoms with Crippen LogP contribution in [-0.4, -0.2) is 42.5 Å². The summed E-state index contributed by atoms with van der Waals surface area (Å²) in [5, 5.41) is 2.97. The van der Waals surface area contributed by atoms with Gasteiger partial charge < -0.3 is 14.8 Å². The van der Waals surface area contributed by atoms with Crippen molar-refractivity contribution in [3.8, 4) is 17.4 Å². The van der Waals surface area contributed by atoms with E-state index in [1.54, 1.807) is 13.3 Å². The molecule has 1 fully saturated rings. The quantitative estimate of drug-likeness (QED) is 0.827. The number of piperidine rings is 1. The molecule has 0 bridgehead atoms. The molecule has 3 rings (SSSR count). The van der Waals surface area contributed by atoms with Crippen LogP contribution in [0.5, 0.6) is 17.4 Å². The molecule has 0 spiro atoms. The molecule has 1 amide bonds. The Labute approximate surface area is 154 Å². The van der Waals surface area contributed by atoms with Crippen molar-refractivity contribution in [1.82, 2.24) is 15.2 Å². The molecule has 26 heavy (non-hydrogen) atoms. The Morgan fingerprint density at radius 1 is 1.12 bits per heavy atom. The predicted molar refractivity (Wildman–Crippen MR) is 99.4 cm³/mol. The number of nitrogens with zero attached hydrogens (tertiary/aromatic N) is 2. The van der Waals surface area contributed by atoms with Crippen LogP contribution in [0.2, 0.25) is 0 Å². The van der Waals surface area contributed by atoms with E-state index >= 15 is 0 Å². The van der Waals surface area contributed by atoms with Crippen LogP contribution >= 0.6 is 0 Å². The lowest BCUT2D eigenvalue weighted by molar-refractivity contribution is -0.122. The Bertz CT molecular complexity index is 730. The van der Waals surface area contributed by atoms with Crippen molar-refractivity contribution in [3.05, 3.63) is 48.2 Å². The minimum Gasteiger partial charge on any atom is -0.493 e. The molecular formula is C20H25N3O3. The molecule has 1 aromatic carbocycles. The lowest BCUT2D eigenvalue weighted by Crippen LogP contribution is -2.39. The number of amides is 1. The Kier molecular flexibility index (Phi) is 6.44. The number of nitrogens with one attached hydrogen (secondary N) is 1. The number of para-hydroxylation sites is 2. The topological polar surface area (TPSA) is 63.7 Å². The first kappa shape index (κ1) is 18.2. The summed E-state index contributed by atoms with van der Waals surface area (Å²) in [7, 11) is 1.60. The first-order chi connectivity index (χ1) is 12.8. The van der Waals surface area contributed by atoms with Gasteiger partial charge in [-0.2, -0.15) is 0 Å². The summed E-state index contributed by atoms with van der Waals surface area (Å²) in [6.07, 6.45) is 5.28. The van der Waals surface area contributed by atoms with Crippen molar-refractivity contribution in [2.45, 2.75) is 25.8 Å². The van der Waals surface area contributed by atoms with Gasteiger partial charge in [0, 0.05) is 18.3 Å². The van der Waals surface area contributed by atoms with Gasteiger partial charge in [0.05, 0.1) is 13.7 Å². The second-order valence-corrected chi connectivity index (χ2v) is 6.33. The van der Waals surface area contributed by atoms with E-state index in [9.17, 15) is 4.79 Å². The number of hydrogen-bond acceptors (Lipinski definition) is 5. The minimum atomic E-state index is 0.0268. The molecule has 0 radical (unpaired) electrons. The van der Waals surface area contributed by atoms with Gasteiger partial charge in [-0.1, -0.05) is 24.6 Å². The molecule has 1 saturated heterocycles. The van der Waals surface area contributed by atoms with Crippen LogP contribution in [0.15, 0.2) is 42.6 Å². The molecule has 0 saturated carbocycles. The van der Waals surface area contributed by atoms with Gasteiger partial charge in [-0.25, -0.2) is 4.98 Å². The molecule has 0 atom stereocenters. The molecule has 138 valence electrons. The number of aromatic nitrogens is 1. The number of carbonyl (C=O) groups excluding carboxylic acids is 1. The molecule has 2 heterocycles. The average Bonchev–Trinajstić information content (AvgIpc) is 2.68. The molecule has 6 nitrogen and oxygen atoms in total. The van der Waals surface area contributed by atoms with Gasteiger partial charge in [0.25, 0.3) is 0 Å². The molecule has 1 aliphatic rings. The summed E-state index contributed by atoms with van der Waals surface area (Å²) in [5.74, 6) is 1.72. The fourth-order valence-corrected chi connectivity index (χ4v) is 3.03. The normalized spacial score (nSPS) is 14.7. The van der Waals surface area contributed by atoms with Gasteiger partial charge in [0.2, 0.25) is 11.8 Å². The standard InChI is InChI=1S/C20H25N3O3/c1-25-17-9-3-4-10-18(17)26-20-16(8-7-11-21-20)14-22-19(24)15-23-12-5-2-6-13-23/h3-4,7-11H,2,5-6,12-15H2,1H3,(H,22,24). The zero-order chi connectivity index (χ0) is 18.2. The van der Waals surface area contributed by atoms with Crippen LogP contribution in [0.1, 0.15) is 24.8 Å². The Hall–Kier alpha value is -2.60. The highest BCUT2D eigenvalue weighted by Gasteiger charge is 2.15. The summed E-state index contributed by atoms with van der Waals surface area (Å²) < 4.78 is 11.2. The van der Waals surface area contributed by atoms with Gasteiger partial charge in [-0.3, -0.25) is 9.69 Å². The van der Waals surface area contributed by atoms with Crippen molar-refractivity contribution < 1.29 is 14.3 Å². The third-order valence-corrected chi connectivity index (χ3v) is 4.42.